The van der Waals surface area contributed by atoms with Crippen molar-refractivity contribution in [1.29, 1.82) is 0 Å². The number of benzene rings is 1. The molecule has 2 atom stereocenters. The van der Waals surface area contributed by atoms with Gasteiger partial charge in [0.2, 0.25) is 6.79 Å². The summed E-state index contributed by atoms with van der Waals surface area (Å²) in [5.74, 6) is 1.42. The molecule has 2 unspecified atom stereocenters. The number of ether oxygens (including phenoxy) is 2. The highest BCUT2D eigenvalue weighted by molar-refractivity contribution is 5.45. The van der Waals surface area contributed by atoms with Crippen molar-refractivity contribution in [3.63, 3.8) is 0 Å². The maximum atomic E-state index is 10.3. The van der Waals surface area contributed by atoms with Crippen LogP contribution in [0, 0.1) is 0 Å². The summed E-state index contributed by atoms with van der Waals surface area (Å²) in [6, 6.07) is 5.51. The highest BCUT2D eigenvalue weighted by atomic mass is 16.7. The van der Waals surface area contributed by atoms with Gasteiger partial charge < -0.3 is 19.7 Å². The Bertz CT molecular complexity index is 451. The third kappa shape index (κ3) is 2.83. The van der Waals surface area contributed by atoms with Crippen molar-refractivity contribution in [1.82, 2.24) is 4.90 Å². The molecule has 3 rings (SSSR count). The molecule has 19 heavy (non-hydrogen) atoms. The zero-order valence-electron chi connectivity index (χ0n) is 10.8. The van der Waals surface area contributed by atoms with E-state index in [2.05, 4.69) is 4.90 Å². The van der Waals surface area contributed by atoms with Crippen LogP contribution in [-0.4, -0.2) is 47.6 Å². The average molecular weight is 265 g/mol. The second-order valence-electron chi connectivity index (χ2n) is 5.18. The smallest absolute Gasteiger partial charge is 0.231 e. The molecule has 2 aliphatic rings. The molecule has 1 aromatic rings. The first-order chi connectivity index (χ1) is 9.22. The van der Waals surface area contributed by atoms with Gasteiger partial charge in [-0.2, -0.15) is 0 Å². The van der Waals surface area contributed by atoms with E-state index in [0.717, 1.165) is 30.7 Å². The van der Waals surface area contributed by atoms with Gasteiger partial charge in [-0.05, 0) is 37.1 Å². The summed E-state index contributed by atoms with van der Waals surface area (Å²) in [5, 5.41) is 19.9. The predicted molar refractivity (Wildman–Crippen MR) is 69.2 cm³/mol. The van der Waals surface area contributed by atoms with Crippen LogP contribution in [-0.2, 0) is 0 Å². The maximum absolute atomic E-state index is 10.3. The molecule has 5 nitrogen and oxygen atoms in total. The number of rotatable bonds is 3. The number of likely N-dealkylation sites (tertiary alicyclic amines) is 1. The highest BCUT2D eigenvalue weighted by Gasteiger charge is 2.22. The summed E-state index contributed by atoms with van der Waals surface area (Å²) >= 11 is 0. The highest BCUT2D eigenvalue weighted by Crippen LogP contribution is 2.34. The molecule has 2 N–H and O–H groups in total. The van der Waals surface area contributed by atoms with Crippen molar-refractivity contribution in [3.8, 4) is 11.5 Å². The third-order valence-corrected chi connectivity index (χ3v) is 3.69. The van der Waals surface area contributed by atoms with Gasteiger partial charge in [0, 0.05) is 13.1 Å². The number of hydrogen-bond acceptors (Lipinski definition) is 5. The van der Waals surface area contributed by atoms with Gasteiger partial charge in [0.05, 0.1) is 12.2 Å². The summed E-state index contributed by atoms with van der Waals surface area (Å²) in [4.78, 5) is 2.10. The molecular formula is C14H19NO4. The van der Waals surface area contributed by atoms with E-state index in [1.165, 1.54) is 0 Å². The Morgan fingerprint density at radius 2 is 2.16 bits per heavy atom. The fraction of sp³-hybridized carbons (Fsp3) is 0.571. The van der Waals surface area contributed by atoms with Crippen LogP contribution >= 0.6 is 0 Å². The number of hydrogen-bond donors (Lipinski definition) is 2. The number of aliphatic hydroxyl groups is 2. The number of aliphatic hydroxyl groups excluding tert-OH is 2. The van der Waals surface area contributed by atoms with Crippen LogP contribution < -0.4 is 9.47 Å². The SMILES string of the molecule is OC1CCCN(CC(O)c2ccc3c(c2)OCO3)C1. The quantitative estimate of drug-likeness (QED) is 0.850. The zero-order valence-corrected chi connectivity index (χ0v) is 10.8. The van der Waals surface area contributed by atoms with Gasteiger partial charge in [0.25, 0.3) is 0 Å². The van der Waals surface area contributed by atoms with Gasteiger partial charge >= 0.3 is 0 Å². The second kappa shape index (κ2) is 5.36. The lowest BCUT2D eigenvalue weighted by atomic mass is 10.0. The minimum Gasteiger partial charge on any atom is -0.454 e. The average Bonchev–Trinajstić information content (AvgIpc) is 2.85. The molecule has 0 aromatic heterocycles. The van der Waals surface area contributed by atoms with E-state index in [1.807, 2.05) is 18.2 Å². The van der Waals surface area contributed by atoms with Crippen LogP contribution in [0.5, 0.6) is 11.5 Å². The summed E-state index contributed by atoms with van der Waals surface area (Å²) in [7, 11) is 0. The van der Waals surface area contributed by atoms with Gasteiger partial charge in [0.1, 0.15) is 0 Å². The van der Waals surface area contributed by atoms with Crippen molar-refractivity contribution < 1.29 is 19.7 Å². The number of nitrogens with zero attached hydrogens (tertiary/aromatic N) is 1. The van der Waals surface area contributed by atoms with Crippen LogP contribution in [0.3, 0.4) is 0 Å². The van der Waals surface area contributed by atoms with Crippen molar-refractivity contribution in [2.75, 3.05) is 26.4 Å². The van der Waals surface area contributed by atoms with E-state index in [0.29, 0.717) is 18.8 Å². The van der Waals surface area contributed by atoms with E-state index in [1.54, 1.807) is 0 Å². The maximum Gasteiger partial charge on any atom is 0.231 e. The van der Waals surface area contributed by atoms with E-state index in [9.17, 15) is 10.2 Å². The molecule has 2 aliphatic heterocycles. The lowest BCUT2D eigenvalue weighted by Gasteiger charge is -2.31. The van der Waals surface area contributed by atoms with Gasteiger partial charge in [-0.15, -0.1) is 0 Å². The molecule has 0 radical (unpaired) electrons. The van der Waals surface area contributed by atoms with Crippen molar-refractivity contribution in [3.05, 3.63) is 23.8 Å². The van der Waals surface area contributed by atoms with E-state index in [4.69, 9.17) is 9.47 Å². The summed E-state index contributed by atoms with van der Waals surface area (Å²) in [6.07, 6.45) is 1.00. The van der Waals surface area contributed by atoms with Crippen LogP contribution in [0.15, 0.2) is 18.2 Å². The van der Waals surface area contributed by atoms with E-state index < -0.39 is 6.10 Å². The van der Waals surface area contributed by atoms with Crippen LogP contribution in [0.2, 0.25) is 0 Å². The largest absolute Gasteiger partial charge is 0.454 e. The first kappa shape index (κ1) is 12.7. The minimum atomic E-state index is -0.570. The molecular weight excluding hydrogens is 246 g/mol. The number of β-amino-alcohol motifs (C(OH)–C–C–N with tert-alkyl or cyclic N) is 2. The molecule has 2 heterocycles. The molecule has 0 bridgehead atoms. The van der Waals surface area contributed by atoms with Crippen LogP contribution in [0.4, 0.5) is 0 Å². The van der Waals surface area contributed by atoms with Crippen LogP contribution in [0.25, 0.3) is 0 Å². The van der Waals surface area contributed by atoms with E-state index >= 15 is 0 Å². The fourth-order valence-electron chi connectivity index (χ4n) is 2.67. The first-order valence-electron chi connectivity index (χ1n) is 6.70. The van der Waals surface area contributed by atoms with Gasteiger partial charge in [-0.1, -0.05) is 6.07 Å². The molecule has 1 saturated heterocycles. The molecule has 1 aromatic carbocycles. The Morgan fingerprint density at radius 1 is 1.32 bits per heavy atom. The summed E-state index contributed by atoms with van der Waals surface area (Å²) < 4.78 is 10.6. The fourth-order valence-corrected chi connectivity index (χ4v) is 2.67. The van der Waals surface area contributed by atoms with Crippen molar-refractivity contribution in [2.24, 2.45) is 0 Å². The van der Waals surface area contributed by atoms with Gasteiger partial charge in [-0.25, -0.2) is 0 Å². The molecule has 0 spiro atoms. The van der Waals surface area contributed by atoms with Gasteiger partial charge in [-0.3, -0.25) is 4.90 Å². The lowest BCUT2D eigenvalue weighted by molar-refractivity contribution is 0.0391. The van der Waals surface area contributed by atoms with Crippen molar-refractivity contribution >= 4 is 0 Å². The molecule has 0 aliphatic carbocycles. The Morgan fingerprint density at radius 3 is 3.00 bits per heavy atom. The standard InChI is InChI=1S/C14H19NO4/c16-11-2-1-5-15(7-11)8-12(17)10-3-4-13-14(6-10)19-9-18-13/h3-4,6,11-12,16-17H,1-2,5,7-9H2. The Hall–Kier alpha value is -1.30. The number of fused-ring (bicyclic) bond motifs is 1. The van der Waals surface area contributed by atoms with Gasteiger partial charge in [0.15, 0.2) is 11.5 Å². The lowest BCUT2D eigenvalue weighted by Crippen LogP contribution is -2.40. The Balaban J connectivity index is 1.65. The Kier molecular flexibility index (Phi) is 3.59. The third-order valence-electron chi connectivity index (χ3n) is 3.69. The minimum absolute atomic E-state index is 0.243. The summed E-state index contributed by atoms with van der Waals surface area (Å²) in [6.45, 7) is 2.35. The molecule has 0 saturated carbocycles. The van der Waals surface area contributed by atoms with Crippen molar-refractivity contribution in [2.45, 2.75) is 25.0 Å². The second-order valence-corrected chi connectivity index (χ2v) is 5.18. The molecule has 1 fully saturated rings. The molecule has 104 valence electrons. The van der Waals surface area contributed by atoms with E-state index in [-0.39, 0.29) is 12.9 Å². The summed E-state index contributed by atoms with van der Waals surface area (Å²) in [5.41, 5.74) is 0.823. The Labute approximate surface area is 112 Å². The first-order valence-corrected chi connectivity index (χ1v) is 6.70. The number of piperidine rings is 1. The topological polar surface area (TPSA) is 62.2 Å². The zero-order chi connectivity index (χ0) is 13.2. The predicted octanol–water partition coefficient (Wildman–Crippen LogP) is 0.905. The molecule has 5 heteroatoms. The van der Waals surface area contributed by atoms with Crippen LogP contribution in [0.1, 0.15) is 24.5 Å². The monoisotopic (exact) mass is 265 g/mol. The molecule has 0 amide bonds. The normalized spacial score (nSPS) is 24.4.